The number of hydrogen-bond donors (Lipinski definition) is 1. The molecule has 19 heavy (non-hydrogen) atoms. The van der Waals surface area contributed by atoms with Crippen molar-refractivity contribution in [3.05, 3.63) is 0 Å². The van der Waals surface area contributed by atoms with Crippen LogP contribution in [0.3, 0.4) is 0 Å². The maximum Gasteiger partial charge on any atom is 0.224 e. The lowest BCUT2D eigenvalue weighted by Gasteiger charge is -2.30. The fourth-order valence-electron chi connectivity index (χ4n) is 3.13. The molecule has 0 radical (unpaired) electrons. The minimum Gasteiger partial charge on any atom is -0.340 e. The largest absolute Gasteiger partial charge is 0.340 e. The van der Waals surface area contributed by atoms with E-state index in [4.69, 9.17) is 5.73 Å². The first kappa shape index (κ1) is 14.8. The number of hydrogen-bond acceptors (Lipinski definition) is 2. The maximum absolute atomic E-state index is 12.5. The van der Waals surface area contributed by atoms with Gasteiger partial charge in [-0.1, -0.05) is 26.7 Å². The number of nitrogens with zero attached hydrogens (tertiary/aromatic N) is 1. The molecule has 2 fully saturated rings. The highest BCUT2D eigenvalue weighted by Crippen LogP contribution is 2.33. The van der Waals surface area contributed by atoms with Gasteiger partial charge in [-0.2, -0.15) is 0 Å². The van der Waals surface area contributed by atoms with E-state index in [1.165, 1.54) is 38.5 Å². The van der Waals surface area contributed by atoms with Crippen LogP contribution in [0.5, 0.6) is 0 Å². The van der Waals surface area contributed by atoms with Crippen LogP contribution in [-0.4, -0.2) is 29.4 Å². The third kappa shape index (κ3) is 4.48. The number of rotatable bonds is 7. The van der Waals surface area contributed by atoms with Crippen LogP contribution in [0, 0.1) is 11.8 Å². The Bertz CT molecular complexity index is 293. The summed E-state index contributed by atoms with van der Waals surface area (Å²) >= 11 is 0. The van der Waals surface area contributed by atoms with Crippen LogP contribution in [0.25, 0.3) is 0 Å². The Morgan fingerprint density at radius 1 is 1.21 bits per heavy atom. The third-order valence-electron chi connectivity index (χ3n) is 4.67. The van der Waals surface area contributed by atoms with E-state index < -0.39 is 0 Å². The molecule has 0 heterocycles. The molecule has 1 unspecified atom stereocenters. The summed E-state index contributed by atoms with van der Waals surface area (Å²) in [6.07, 6.45) is 9.09. The number of carbonyl (C=O) groups excluding carboxylic acids is 1. The van der Waals surface area contributed by atoms with Crippen LogP contribution >= 0.6 is 0 Å². The van der Waals surface area contributed by atoms with Gasteiger partial charge in [-0.15, -0.1) is 0 Å². The molecule has 0 aromatic rings. The van der Waals surface area contributed by atoms with Gasteiger partial charge >= 0.3 is 0 Å². The minimum absolute atomic E-state index is 0.107. The van der Waals surface area contributed by atoms with Gasteiger partial charge in [0, 0.05) is 25.0 Å². The SMILES string of the molecule is CC(C)CCN(C(=O)CC(N)C1CC1)C1CCCC1. The normalized spacial score (nSPS) is 21.9. The predicted octanol–water partition coefficient (Wildman–Crippen LogP) is 2.93. The number of carbonyl (C=O) groups is 1. The summed E-state index contributed by atoms with van der Waals surface area (Å²) in [5.41, 5.74) is 6.12. The molecule has 2 N–H and O–H groups in total. The summed E-state index contributed by atoms with van der Waals surface area (Å²) in [5.74, 6) is 1.60. The molecule has 0 saturated heterocycles. The molecular weight excluding hydrogens is 236 g/mol. The Labute approximate surface area is 117 Å². The van der Waals surface area contributed by atoms with Gasteiger partial charge in [-0.05, 0) is 43.9 Å². The van der Waals surface area contributed by atoms with Gasteiger partial charge in [0.25, 0.3) is 0 Å². The minimum atomic E-state index is 0.107. The van der Waals surface area contributed by atoms with Crippen molar-refractivity contribution in [2.45, 2.75) is 77.3 Å². The van der Waals surface area contributed by atoms with E-state index in [-0.39, 0.29) is 6.04 Å². The summed E-state index contributed by atoms with van der Waals surface area (Å²) in [4.78, 5) is 14.7. The lowest BCUT2D eigenvalue weighted by atomic mass is 10.1. The van der Waals surface area contributed by atoms with Crippen molar-refractivity contribution < 1.29 is 4.79 Å². The van der Waals surface area contributed by atoms with Gasteiger partial charge < -0.3 is 10.6 Å². The van der Waals surface area contributed by atoms with Gasteiger partial charge in [-0.25, -0.2) is 0 Å². The lowest BCUT2D eigenvalue weighted by molar-refractivity contribution is -0.134. The Hall–Kier alpha value is -0.570. The summed E-state index contributed by atoms with van der Waals surface area (Å²) < 4.78 is 0. The van der Waals surface area contributed by atoms with Gasteiger partial charge in [0.2, 0.25) is 5.91 Å². The van der Waals surface area contributed by atoms with Crippen molar-refractivity contribution in [1.82, 2.24) is 4.90 Å². The zero-order valence-electron chi connectivity index (χ0n) is 12.6. The van der Waals surface area contributed by atoms with Crippen LogP contribution in [0.4, 0.5) is 0 Å². The molecule has 0 spiro atoms. The zero-order valence-corrected chi connectivity index (χ0v) is 12.6. The molecule has 2 rings (SSSR count). The van der Waals surface area contributed by atoms with E-state index in [1.807, 2.05) is 0 Å². The third-order valence-corrected chi connectivity index (χ3v) is 4.67. The molecule has 1 atom stereocenters. The van der Waals surface area contributed by atoms with Crippen molar-refractivity contribution in [2.24, 2.45) is 17.6 Å². The average molecular weight is 266 g/mol. The van der Waals surface area contributed by atoms with E-state index in [2.05, 4.69) is 18.7 Å². The smallest absolute Gasteiger partial charge is 0.224 e. The van der Waals surface area contributed by atoms with Crippen LogP contribution in [-0.2, 0) is 4.79 Å². The Balaban J connectivity index is 1.88. The van der Waals surface area contributed by atoms with E-state index in [0.717, 1.165) is 13.0 Å². The lowest BCUT2D eigenvalue weighted by Crippen LogP contribution is -2.42. The summed E-state index contributed by atoms with van der Waals surface area (Å²) in [6.45, 7) is 5.39. The standard InChI is InChI=1S/C16H30N2O/c1-12(2)9-10-18(14-5-3-4-6-14)16(19)11-15(17)13-7-8-13/h12-15H,3-11,17H2,1-2H3. The molecular formula is C16H30N2O. The molecule has 2 aliphatic rings. The number of amides is 1. The maximum atomic E-state index is 12.5. The van der Waals surface area contributed by atoms with Crippen molar-refractivity contribution in [1.29, 1.82) is 0 Å². The number of nitrogens with two attached hydrogens (primary N) is 1. The highest BCUT2D eigenvalue weighted by Gasteiger charge is 2.33. The predicted molar refractivity (Wildman–Crippen MR) is 78.7 cm³/mol. The zero-order chi connectivity index (χ0) is 13.8. The molecule has 0 aromatic carbocycles. The van der Waals surface area contributed by atoms with Gasteiger partial charge in [0.05, 0.1) is 0 Å². The second-order valence-electron chi connectivity index (χ2n) is 6.91. The molecule has 3 heteroatoms. The molecule has 2 aliphatic carbocycles. The Kier molecular flexibility index (Phi) is 5.26. The first-order valence-electron chi connectivity index (χ1n) is 8.13. The van der Waals surface area contributed by atoms with Crippen LogP contribution in [0.2, 0.25) is 0 Å². The Morgan fingerprint density at radius 2 is 1.84 bits per heavy atom. The fourth-order valence-corrected chi connectivity index (χ4v) is 3.13. The Morgan fingerprint density at radius 3 is 2.37 bits per heavy atom. The molecule has 0 aromatic heterocycles. The van der Waals surface area contributed by atoms with Crippen molar-refractivity contribution in [3.63, 3.8) is 0 Å². The highest BCUT2D eigenvalue weighted by molar-refractivity contribution is 5.77. The van der Waals surface area contributed by atoms with Gasteiger partial charge in [-0.3, -0.25) is 4.79 Å². The molecule has 3 nitrogen and oxygen atoms in total. The summed E-state index contributed by atoms with van der Waals surface area (Å²) in [7, 11) is 0. The molecule has 110 valence electrons. The van der Waals surface area contributed by atoms with Crippen LogP contribution in [0.1, 0.15) is 65.2 Å². The van der Waals surface area contributed by atoms with Crippen molar-refractivity contribution in [3.8, 4) is 0 Å². The van der Waals surface area contributed by atoms with Crippen LogP contribution in [0.15, 0.2) is 0 Å². The van der Waals surface area contributed by atoms with Crippen molar-refractivity contribution in [2.75, 3.05) is 6.54 Å². The molecule has 0 aliphatic heterocycles. The first-order chi connectivity index (χ1) is 9.08. The second kappa shape index (κ2) is 6.74. The molecule has 1 amide bonds. The average Bonchev–Trinajstić information content (AvgIpc) is 3.07. The summed E-state index contributed by atoms with van der Waals surface area (Å²) in [5, 5.41) is 0. The second-order valence-corrected chi connectivity index (χ2v) is 6.91. The van der Waals surface area contributed by atoms with E-state index >= 15 is 0 Å². The van der Waals surface area contributed by atoms with Gasteiger partial charge in [0.1, 0.15) is 0 Å². The first-order valence-corrected chi connectivity index (χ1v) is 8.13. The highest BCUT2D eigenvalue weighted by atomic mass is 16.2. The van der Waals surface area contributed by atoms with E-state index in [9.17, 15) is 4.79 Å². The van der Waals surface area contributed by atoms with E-state index in [1.54, 1.807) is 0 Å². The van der Waals surface area contributed by atoms with Gasteiger partial charge in [0.15, 0.2) is 0 Å². The van der Waals surface area contributed by atoms with Crippen LogP contribution < -0.4 is 5.73 Å². The quantitative estimate of drug-likeness (QED) is 0.770. The van der Waals surface area contributed by atoms with Crippen molar-refractivity contribution >= 4 is 5.91 Å². The summed E-state index contributed by atoms with van der Waals surface area (Å²) in [6, 6.07) is 0.605. The fraction of sp³-hybridized carbons (Fsp3) is 0.938. The monoisotopic (exact) mass is 266 g/mol. The van der Waals surface area contributed by atoms with E-state index in [0.29, 0.717) is 30.2 Å². The molecule has 0 bridgehead atoms. The molecule has 2 saturated carbocycles. The topological polar surface area (TPSA) is 46.3 Å².